The molecule has 0 amide bonds. The Morgan fingerprint density at radius 3 is 2.10 bits per heavy atom. The molecule has 1 N–H and O–H groups in total. The fourth-order valence-electron chi connectivity index (χ4n) is 1.39. The average molecular weight is 284 g/mol. The number of carboxylic acids is 1. The van der Waals surface area contributed by atoms with Crippen molar-refractivity contribution in [2.75, 3.05) is 0 Å². The van der Waals surface area contributed by atoms with Crippen molar-refractivity contribution >= 4 is 5.97 Å². The smallest absolute Gasteiger partial charge is 0.478 e. The molecule has 1 heterocycles. The van der Waals surface area contributed by atoms with Gasteiger partial charge in [-0.3, -0.25) is 0 Å². The maximum absolute atomic E-state index is 12.0. The molecular weight excluding hydrogens is 277 g/mol. The Bertz CT molecular complexity index is 609. The van der Waals surface area contributed by atoms with E-state index in [-0.39, 0.29) is 17.1 Å². The van der Waals surface area contributed by atoms with E-state index in [0.29, 0.717) is 5.56 Å². The van der Waals surface area contributed by atoms with Crippen LogP contribution in [0.4, 0.5) is 13.2 Å². The van der Waals surface area contributed by atoms with E-state index in [1.54, 1.807) is 0 Å². The van der Waals surface area contributed by atoms with Gasteiger partial charge in [0.05, 0.1) is 5.56 Å². The first-order valence-corrected chi connectivity index (χ1v) is 5.27. The number of benzene rings is 1. The number of aromatic carboxylic acids is 1. The Kier molecular flexibility index (Phi) is 3.55. The van der Waals surface area contributed by atoms with Gasteiger partial charge in [0.2, 0.25) is 0 Å². The topological polar surface area (TPSA) is 72.3 Å². The first-order chi connectivity index (χ1) is 9.35. The van der Waals surface area contributed by atoms with Crippen molar-refractivity contribution in [3.63, 3.8) is 0 Å². The molecule has 20 heavy (non-hydrogen) atoms. The number of aromatic nitrogens is 2. The summed E-state index contributed by atoms with van der Waals surface area (Å²) in [6, 6.07) is 4.93. The molecule has 0 fully saturated rings. The Morgan fingerprint density at radius 2 is 1.65 bits per heavy atom. The largest absolute Gasteiger partial charge is 0.573 e. The molecule has 2 rings (SSSR count). The zero-order valence-electron chi connectivity index (χ0n) is 9.76. The number of hydrogen-bond donors (Lipinski definition) is 1. The van der Waals surface area contributed by atoms with Gasteiger partial charge in [-0.15, -0.1) is 13.2 Å². The van der Waals surface area contributed by atoms with E-state index < -0.39 is 12.3 Å². The first-order valence-electron chi connectivity index (χ1n) is 5.27. The van der Waals surface area contributed by atoms with Crippen LogP contribution in [0.2, 0.25) is 0 Å². The molecule has 0 spiro atoms. The summed E-state index contributed by atoms with van der Waals surface area (Å²) in [5.41, 5.74) is 0.363. The summed E-state index contributed by atoms with van der Waals surface area (Å²) in [5, 5.41) is 8.69. The summed E-state index contributed by atoms with van der Waals surface area (Å²) in [6.45, 7) is 0. The van der Waals surface area contributed by atoms with E-state index in [0.717, 1.165) is 24.5 Å². The average Bonchev–Trinajstić information content (AvgIpc) is 2.38. The standard InChI is InChI=1S/C12H7F3N2O3/c13-12(14,15)20-9-3-1-7(2-4-9)10-16-5-8(6-17-10)11(18)19/h1-6H,(H,18,19). The lowest BCUT2D eigenvalue weighted by Gasteiger charge is -2.08. The quantitative estimate of drug-likeness (QED) is 0.938. The molecule has 0 unspecified atom stereocenters. The van der Waals surface area contributed by atoms with Crippen molar-refractivity contribution in [2.45, 2.75) is 6.36 Å². The van der Waals surface area contributed by atoms with Gasteiger partial charge in [-0.05, 0) is 24.3 Å². The van der Waals surface area contributed by atoms with Crippen LogP contribution in [0.5, 0.6) is 5.75 Å². The molecule has 0 radical (unpaired) electrons. The number of carbonyl (C=O) groups is 1. The second kappa shape index (κ2) is 5.16. The highest BCUT2D eigenvalue weighted by molar-refractivity contribution is 5.86. The van der Waals surface area contributed by atoms with Crippen LogP contribution in [0.1, 0.15) is 10.4 Å². The highest BCUT2D eigenvalue weighted by Crippen LogP contribution is 2.24. The summed E-state index contributed by atoms with van der Waals surface area (Å²) in [6.07, 6.45) is -2.52. The highest BCUT2D eigenvalue weighted by Gasteiger charge is 2.30. The van der Waals surface area contributed by atoms with Gasteiger partial charge < -0.3 is 9.84 Å². The van der Waals surface area contributed by atoms with E-state index >= 15 is 0 Å². The van der Waals surface area contributed by atoms with Gasteiger partial charge in [0.25, 0.3) is 0 Å². The Morgan fingerprint density at radius 1 is 1.10 bits per heavy atom. The van der Waals surface area contributed by atoms with Crippen LogP contribution in [0.3, 0.4) is 0 Å². The SMILES string of the molecule is O=C(O)c1cnc(-c2ccc(OC(F)(F)F)cc2)nc1. The third-order valence-electron chi connectivity index (χ3n) is 2.24. The summed E-state index contributed by atoms with van der Waals surface area (Å²) < 4.78 is 39.7. The van der Waals surface area contributed by atoms with Gasteiger partial charge in [0.15, 0.2) is 5.82 Å². The molecule has 104 valence electrons. The minimum absolute atomic E-state index is 0.0780. The third-order valence-corrected chi connectivity index (χ3v) is 2.24. The number of carboxylic acid groups (broad SMARTS) is 1. The second-order valence-electron chi connectivity index (χ2n) is 3.67. The van der Waals surface area contributed by atoms with Gasteiger partial charge in [-0.1, -0.05) is 0 Å². The maximum atomic E-state index is 12.0. The van der Waals surface area contributed by atoms with Crippen LogP contribution in [0.15, 0.2) is 36.7 Å². The van der Waals surface area contributed by atoms with Crippen LogP contribution in [-0.2, 0) is 0 Å². The molecule has 0 aliphatic rings. The van der Waals surface area contributed by atoms with Crippen LogP contribution < -0.4 is 4.74 Å². The monoisotopic (exact) mass is 284 g/mol. The lowest BCUT2D eigenvalue weighted by atomic mass is 10.2. The molecule has 2 aromatic rings. The van der Waals surface area contributed by atoms with Crippen molar-refractivity contribution in [2.24, 2.45) is 0 Å². The van der Waals surface area contributed by atoms with Crippen LogP contribution >= 0.6 is 0 Å². The molecule has 0 saturated heterocycles. The number of alkyl halides is 3. The van der Waals surface area contributed by atoms with Gasteiger partial charge in [-0.25, -0.2) is 14.8 Å². The Balaban J connectivity index is 2.19. The van der Waals surface area contributed by atoms with Crippen LogP contribution in [0, 0.1) is 0 Å². The van der Waals surface area contributed by atoms with E-state index in [1.807, 2.05) is 0 Å². The number of rotatable bonds is 3. The Hall–Kier alpha value is -2.64. The number of hydrogen-bond acceptors (Lipinski definition) is 4. The molecule has 8 heteroatoms. The minimum atomic E-state index is -4.75. The lowest BCUT2D eigenvalue weighted by molar-refractivity contribution is -0.274. The van der Waals surface area contributed by atoms with Crippen LogP contribution in [-0.4, -0.2) is 27.4 Å². The van der Waals surface area contributed by atoms with Gasteiger partial charge in [0.1, 0.15) is 5.75 Å². The molecule has 0 atom stereocenters. The molecule has 0 saturated carbocycles. The second-order valence-corrected chi connectivity index (χ2v) is 3.67. The lowest BCUT2D eigenvalue weighted by Crippen LogP contribution is -2.16. The van der Waals surface area contributed by atoms with Gasteiger partial charge in [0, 0.05) is 18.0 Å². The van der Waals surface area contributed by atoms with E-state index in [9.17, 15) is 18.0 Å². The summed E-state index contributed by atoms with van der Waals surface area (Å²) in [7, 11) is 0. The highest BCUT2D eigenvalue weighted by atomic mass is 19.4. The normalized spacial score (nSPS) is 11.2. The number of ether oxygens (including phenoxy) is 1. The summed E-state index contributed by atoms with van der Waals surface area (Å²) in [5.74, 6) is -1.32. The van der Waals surface area contributed by atoms with Gasteiger partial charge in [-0.2, -0.15) is 0 Å². The number of halogens is 3. The fourth-order valence-corrected chi connectivity index (χ4v) is 1.39. The molecular formula is C12H7F3N2O3. The van der Waals surface area contributed by atoms with Gasteiger partial charge >= 0.3 is 12.3 Å². The first kappa shape index (κ1) is 13.8. The number of nitrogens with zero attached hydrogens (tertiary/aromatic N) is 2. The van der Waals surface area contributed by atoms with E-state index in [1.165, 1.54) is 12.1 Å². The van der Waals surface area contributed by atoms with Crippen molar-refractivity contribution in [3.05, 3.63) is 42.2 Å². The van der Waals surface area contributed by atoms with E-state index in [2.05, 4.69) is 14.7 Å². The zero-order valence-corrected chi connectivity index (χ0v) is 9.76. The predicted octanol–water partition coefficient (Wildman–Crippen LogP) is 2.74. The fraction of sp³-hybridized carbons (Fsp3) is 0.0833. The van der Waals surface area contributed by atoms with Crippen molar-refractivity contribution < 1.29 is 27.8 Å². The molecule has 5 nitrogen and oxygen atoms in total. The van der Waals surface area contributed by atoms with Crippen molar-refractivity contribution in [1.82, 2.24) is 9.97 Å². The van der Waals surface area contributed by atoms with Crippen molar-refractivity contribution in [3.8, 4) is 17.1 Å². The molecule has 1 aromatic heterocycles. The van der Waals surface area contributed by atoms with E-state index in [4.69, 9.17) is 5.11 Å². The summed E-state index contributed by atoms with van der Waals surface area (Å²) >= 11 is 0. The minimum Gasteiger partial charge on any atom is -0.478 e. The van der Waals surface area contributed by atoms with Crippen LogP contribution in [0.25, 0.3) is 11.4 Å². The molecule has 0 bridgehead atoms. The molecule has 0 aliphatic heterocycles. The maximum Gasteiger partial charge on any atom is 0.573 e. The zero-order chi connectivity index (χ0) is 14.8. The van der Waals surface area contributed by atoms with Crippen molar-refractivity contribution in [1.29, 1.82) is 0 Å². The Labute approximate surface area is 110 Å². The summed E-state index contributed by atoms with van der Waals surface area (Å²) in [4.78, 5) is 18.3. The predicted molar refractivity (Wildman–Crippen MR) is 61.1 cm³/mol. The third kappa shape index (κ3) is 3.44. The molecule has 0 aliphatic carbocycles. The molecule has 1 aromatic carbocycles.